The molecule has 5 aromatic rings. The number of methoxy groups -OCH3 is 2. The first kappa shape index (κ1) is 32.6. The van der Waals surface area contributed by atoms with E-state index in [2.05, 4.69) is 0 Å². The average molecular weight is 665 g/mol. The lowest BCUT2D eigenvalue weighted by Crippen LogP contribution is -2.27. The van der Waals surface area contributed by atoms with Crippen LogP contribution in [-0.4, -0.2) is 36.3 Å². The van der Waals surface area contributed by atoms with Gasteiger partial charge in [-0.05, 0) is 22.3 Å². The number of ether oxygens (including phenoxy) is 2. The Balaban J connectivity index is 1.32. The van der Waals surface area contributed by atoms with E-state index in [4.69, 9.17) is 19.1 Å². The number of rotatable bonds is 10. The number of carbonyl (C=O) groups excluding carboxylic acids is 2. The predicted octanol–water partition coefficient (Wildman–Crippen LogP) is 7.83. The van der Waals surface area contributed by atoms with Crippen molar-refractivity contribution in [3.63, 3.8) is 0 Å². The molecule has 0 radical (unpaired) electrons. The lowest BCUT2D eigenvalue weighted by Gasteiger charge is -2.27. The molecular weight excluding hydrogens is 628 g/mol. The maximum atomic E-state index is 13.5. The second-order valence-corrected chi connectivity index (χ2v) is 12.0. The zero-order valence-electron chi connectivity index (χ0n) is 27.8. The predicted molar refractivity (Wildman–Crippen MR) is 189 cm³/mol. The molecule has 0 spiro atoms. The number of nitrogens with zero attached hydrogens (tertiary/aromatic N) is 2. The second kappa shape index (κ2) is 14.7. The molecule has 0 saturated carbocycles. The van der Waals surface area contributed by atoms with Crippen LogP contribution in [0.4, 0.5) is 0 Å². The summed E-state index contributed by atoms with van der Waals surface area (Å²) in [6, 6.07) is 45.7. The molecule has 0 amide bonds. The SMILES string of the molecule is COC(=O)C1=C(c2ccccc2)ON(Cc2ccccc2)[C@@H]1c1ccc([C@@H]2C(C(=O)OC)=C(c3ccccc3)ON2Cc2ccccc2)cc1. The van der Waals surface area contributed by atoms with Crippen LogP contribution in [0.1, 0.15) is 45.5 Å². The first-order valence-corrected chi connectivity index (χ1v) is 16.4. The summed E-state index contributed by atoms with van der Waals surface area (Å²) >= 11 is 0. The van der Waals surface area contributed by atoms with Crippen molar-refractivity contribution in [3.05, 3.63) is 190 Å². The van der Waals surface area contributed by atoms with Gasteiger partial charge in [-0.3, -0.25) is 0 Å². The van der Waals surface area contributed by atoms with Gasteiger partial charge in [-0.1, -0.05) is 146 Å². The zero-order valence-corrected chi connectivity index (χ0v) is 27.8. The van der Waals surface area contributed by atoms with Crippen LogP contribution >= 0.6 is 0 Å². The van der Waals surface area contributed by atoms with Crippen molar-refractivity contribution < 1.29 is 28.7 Å². The molecule has 0 saturated heterocycles. The van der Waals surface area contributed by atoms with Crippen molar-refractivity contribution in [3.8, 4) is 0 Å². The Hall–Kier alpha value is -5.96. The number of benzene rings is 5. The van der Waals surface area contributed by atoms with Crippen LogP contribution in [0.5, 0.6) is 0 Å². The van der Waals surface area contributed by atoms with Crippen LogP contribution in [0.2, 0.25) is 0 Å². The van der Waals surface area contributed by atoms with Crippen molar-refractivity contribution in [1.82, 2.24) is 10.1 Å². The van der Waals surface area contributed by atoms with Crippen LogP contribution in [0, 0.1) is 0 Å². The first-order chi connectivity index (χ1) is 24.6. The van der Waals surface area contributed by atoms with Gasteiger partial charge in [-0.25, -0.2) is 9.59 Å². The zero-order chi connectivity index (χ0) is 34.5. The highest BCUT2D eigenvalue weighted by Gasteiger charge is 2.44. The van der Waals surface area contributed by atoms with E-state index in [0.29, 0.717) is 35.8 Å². The fourth-order valence-electron chi connectivity index (χ4n) is 6.50. The minimum absolute atomic E-state index is 0.402. The second-order valence-electron chi connectivity index (χ2n) is 12.0. The van der Waals surface area contributed by atoms with E-state index in [0.717, 1.165) is 33.4 Å². The van der Waals surface area contributed by atoms with E-state index in [1.807, 2.05) is 156 Å². The fraction of sp³-hybridized carbons (Fsp3) is 0.143. The van der Waals surface area contributed by atoms with E-state index in [1.54, 1.807) is 0 Å². The summed E-state index contributed by atoms with van der Waals surface area (Å²) in [6.07, 6.45) is 0. The largest absolute Gasteiger partial charge is 0.465 e. The Morgan fingerprint density at radius 3 is 1.14 bits per heavy atom. The van der Waals surface area contributed by atoms with Crippen molar-refractivity contribution >= 4 is 23.5 Å². The van der Waals surface area contributed by atoms with Gasteiger partial charge in [0.05, 0.1) is 27.3 Å². The van der Waals surface area contributed by atoms with E-state index < -0.39 is 24.0 Å². The Labute approximate surface area is 291 Å². The Morgan fingerprint density at radius 1 is 0.500 bits per heavy atom. The third-order valence-electron chi connectivity index (χ3n) is 8.84. The molecule has 0 bridgehead atoms. The van der Waals surface area contributed by atoms with E-state index in [1.165, 1.54) is 14.2 Å². The average Bonchev–Trinajstić information content (AvgIpc) is 3.74. The summed E-state index contributed by atoms with van der Waals surface area (Å²) in [6.45, 7) is 0.835. The quantitative estimate of drug-likeness (QED) is 0.140. The van der Waals surface area contributed by atoms with Crippen molar-refractivity contribution in [2.75, 3.05) is 14.2 Å². The number of hydrogen-bond donors (Lipinski definition) is 0. The summed E-state index contributed by atoms with van der Waals surface area (Å²) in [5.41, 5.74) is 6.02. The lowest BCUT2D eigenvalue weighted by molar-refractivity contribution is -0.139. The van der Waals surface area contributed by atoms with Gasteiger partial charge < -0.3 is 19.1 Å². The molecule has 0 fully saturated rings. The monoisotopic (exact) mass is 664 g/mol. The molecule has 0 aliphatic carbocycles. The third-order valence-corrected chi connectivity index (χ3v) is 8.84. The van der Waals surface area contributed by atoms with Gasteiger partial charge in [-0.2, -0.15) is 0 Å². The Kier molecular flexibility index (Phi) is 9.55. The highest BCUT2D eigenvalue weighted by atomic mass is 16.7. The maximum absolute atomic E-state index is 13.5. The van der Waals surface area contributed by atoms with E-state index in [-0.39, 0.29) is 0 Å². The van der Waals surface area contributed by atoms with Crippen molar-refractivity contribution in [2.24, 2.45) is 0 Å². The molecule has 2 heterocycles. The lowest BCUT2D eigenvalue weighted by atomic mass is 9.91. The van der Waals surface area contributed by atoms with Crippen LogP contribution in [0.15, 0.2) is 157 Å². The van der Waals surface area contributed by atoms with Crippen LogP contribution in [-0.2, 0) is 41.8 Å². The molecule has 7 rings (SSSR count). The molecule has 250 valence electrons. The standard InChI is InChI=1S/C42H36N2O6/c1-47-41(45)35-37(43(27-29-15-7-3-8-16-29)49-39(35)33-19-11-5-12-20-33)31-23-25-32(26-24-31)38-36(42(46)48-2)40(34-21-13-6-14-22-34)50-44(38)28-30-17-9-4-10-18-30/h3-26,37-38H,27-28H2,1-2H3/t37-,38-/m1/s1. The van der Waals surface area contributed by atoms with E-state index in [9.17, 15) is 9.59 Å². The topological polar surface area (TPSA) is 77.5 Å². The van der Waals surface area contributed by atoms with Gasteiger partial charge in [-0.15, -0.1) is 10.1 Å². The number of esters is 2. The summed E-state index contributed by atoms with van der Waals surface area (Å²) in [5, 5.41) is 3.62. The minimum Gasteiger partial charge on any atom is -0.465 e. The minimum atomic E-state index is -0.581. The van der Waals surface area contributed by atoms with Crippen LogP contribution in [0.3, 0.4) is 0 Å². The molecule has 2 atom stereocenters. The molecule has 8 heteroatoms. The molecule has 0 N–H and O–H groups in total. The molecule has 0 aromatic heterocycles. The summed E-state index contributed by atoms with van der Waals surface area (Å²) in [4.78, 5) is 40.1. The molecular formula is C42H36N2O6. The summed E-state index contributed by atoms with van der Waals surface area (Å²) in [7, 11) is 2.76. The molecule has 50 heavy (non-hydrogen) atoms. The van der Waals surface area contributed by atoms with Gasteiger partial charge in [0.25, 0.3) is 0 Å². The number of hydrogen-bond acceptors (Lipinski definition) is 8. The number of hydroxylamine groups is 4. The molecule has 2 aliphatic heterocycles. The molecule has 5 aromatic carbocycles. The third kappa shape index (κ3) is 6.54. The molecule has 2 aliphatic rings. The Bertz CT molecular complexity index is 1870. The summed E-state index contributed by atoms with van der Waals surface area (Å²) < 4.78 is 10.7. The molecule has 0 unspecified atom stereocenters. The van der Waals surface area contributed by atoms with Crippen molar-refractivity contribution in [2.45, 2.75) is 25.2 Å². The van der Waals surface area contributed by atoms with Gasteiger partial charge >= 0.3 is 11.9 Å². The fourth-order valence-corrected chi connectivity index (χ4v) is 6.50. The van der Waals surface area contributed by atoms with Gasteiger partial charge in [0.15, 0.2) is 11.5 Å². The number of carbonyl (C=O) groups is 2. The first-order valence-electron chi connectivity index (χ1n) is 16.4. The van der Waals surface area contributed by atoms with Crippen molar-refractivity contribution in [1.29, 1.82) is 0 Å². The van der Waals surface area contributed by atoms with Gasteiger partial charge in [0.2, 0.25) is 0 Å². The normalized spacial score (nSPS) is 17.7. The highest BCUT2D eigenvalue weighted by Crippen LogP contribution is 2.46. The Morgan fingerprint density at radius 2 is 0.820 bits per heavy atom. The van der Waals surface area contributed by atoms with E-state index >= 15 is 0 Å². The highest BCUT2D eigenvalue weighted by molar-refractivity contribution is 5.99. The van der Waals surface area contributed by atoms with Crippen LogP contribution in [0.25, 0.3) is 11.5 Å². The van der Waals surface area contributed by atoms with Crippen LogP contribution < -0.4 is 0 Å². The van der Waals surface area contributed by atoms with Gasteiger partial charge in [0.1, 0.15) is 23.2 Å². The van der Waals surface area contributed by atoms with Gasteiger partial charge in [0, 0.05) is 11.1 Å². The smallest absolute Gasteiger partial charge is 0.339 e. The summed E-state index contributed by atoms with van der Waals surface area (Å²) in [5.74, 6) is -0.0570. The maximum Gasteiger partial charge on any atom is 0.339 e. The molecule has 8 nitrogen and oxygen atoms in total.